The van der Waals surface area contributed by atoms with Crippen molar-refractivity contribution in [2.75, 3.05) is 0 Å². The molecule has 0 saturated heterocycles. The first-order valence-electron chi connectivity index (χ1n) is 5.80. The van der Waals surface area contributed by atoms with Gasteiger partial charge in [0, 0.05) is 6.20 Å². The Labute approximate surface area is 105 Å². The molecule has 96 valence electrons. The lowest BCUT2D eigenvalue weighted by Gasteiger charge is -2.23. The molecule has 1 aromatic heterocycles. The van der Waals surface area contributed by atoms with E-state index in [1.807, 2.05) is 6.20 Å². The van der Waals surface area contributed by atoms with Gasteiger partial charge >= 0.3 is 5.97 Å². The van der Waals surface area contributed by atoms with E-state index in [-0.39, 0.29) is 0 Å². The second-order valence-corrected chi connectivity index (χ2v) is 16.7. The van der Waals surface area contributed by atoms with E-state index >= 15 is 0 Å². The van der Waals surface area contributed by atoms with Gasteiger partial charge in [-0.3, -0.25) is 4.79 Å². The summed E-state index contributed by atoms with van der Waals surface area (Å²) in [5.41, 5.74) is 0.305. The molecule has 0 spiro atoms. The second-order valence-electron chi connectivity index (χ2n) is 6.51. The first kappa shape index (κ1) is 14.2. The number of aromatic nitrogens is 2. The van der Waals surface area contributed by atoms with Gasteiger partial charge in [0.2, 0.25) is 0 Å². The van der Waals surface area contributed by atoms with Gasteiger partial charge in [0.15, 0.2) is 8.24 Å². The minimum atomic E-state index is -1.80. The maximum atomic E-state index is 11.4. The van der Waals surface area contributed by atoms with E-state index in [0.717, 1.165) is 5.69 Å². The van der Waals surface area contributed by atoms with Gasteiger partial charge in [-0.2, -0.15) is 0 Å². The van der Waals surface area contributed by atoms with Crippen LogP contribution < -0.4 is 0 Å². The molecule has 1 rings (SSSR count). The number of carboxylic acids is 1. The van der Waals surface area contributed by atoms with Crippen LogP contribution in [0.3, 0.4) is 0 Å². The van der Waals surface area contributed by atoms with Crippen molar-refractivity contribution in [2.45, 2.75) is 44.8 Å². The van der Waals surface area contributed by atoms with Gasteiger partial charge in [0.25, 0.3) is 0 Å². The van der Waals surface area contributed by atoms with E-state index < -0.39 is 27.8 Å². The molecule has 1 heterocycles. The van der Waals surface area contributed by atoms with E-state index in [1.54, 1.807) is 6.33 Å². The minimum Gasteiger partial charge on any atom is -0.481 e. The zero-order valence-corrected chi connectivity index (χ0v) is 13.5. The lowest BCUT2D eigenvalue weighted by atomic mass is 10.3. The molecule has 17 heavy (non-hydrogen) atoms. The Morgan fingerprint density at radius 3 is 2.12 bits per heavy atom. The van der Waals surface area contributed by atoms with E-state index in [0.29, 0.717) is 0 Å². The van der Waals surface area contributed by atoms with Crippen LogP contribution in [0.15, 0.2) is 12.5 Å². The van der Waals surface area contributed by atoms with Crippen LogP contribution in [0.1, 0.15) is 11.2 Å². The van der Waals surface area contributed by atoms with Crippen LogP contribution in [0.5, 0.6) is 0 Å². The normalized spacial score (nSPS) is 14.7. The summed E-state index contributed by atoms with van der Waals surface area (Å²) in [6.45, 7) is 12.8. The zero-order chi connectivity index (χ0) is 13.4. The summed E-state index contributed by atoms with van der Waals surface area (Å²) >= 11 is 0. The van der Waals surface area contributed by atoms with Crippen LogP contribution in [0.4, 0.5) is 0 Å². The second kappa shape index (κ2) is 4.41. The Morgan fingerprint density at radius 2 is 1.82 bits per heavy atom. The number of carbonyl (C=O) groups is 1. The number of imidazole rings is 1. The van der Waals surface area contributed by atoms with Crippen LogP contribution in [0.25, 0.3) is 0 Å². The number of hydrogen-bond donors (Lipinski definition) is 1. The molecule has 1 unspecified atom stereocenters. The lowest BCUT2D eigenvalue weighted by Crippen LogP contribution is -2.37. The molecule has 0 bridgehead atoms. The third kappa shape index (κ3) is 3.29. The molecule has 1 N–H and O–H groups in total. The number of hydrogen-bond acceptors (Lipinski definition) is 2. The fourth-order valence-electron chi connectivity index (χ4n) is 1.79. The standard InChI is InChI=1S/C11H22N2O2Si2/c1-16(2,3)10(11(14)15)9-7-13(8-12-9)17(4,5)6/h7-8,10H,1-6H3,(H,14,15). The maximum absolute atomic E-state index is 11.4. The van der Waals surface area contributed by atoms with Crippen LogP contribution in [0.2, 0.25) is 39.3 Å². The number of nitrogens with zero attached hydrogens (tertiary/aromatic N) is 2. The van der Waals surface area contributed by atoms with Gasteiger partial charge in [-0.05, 0) is 0 Å². The first-order valence-corrected chi connectivity index (χ1v) is 12.8. The molecule has 6 heteroatoms. The smallest absolute Gasteiger partial charge is 0.309 e. The zero-order valence-electron chi connectivity index (χ0n) is 11.5. The molecule has 1 aromatic rings. The van der Waals surface area contributed by atoms with Gasteiger partial charge in [0.1, 0.15) is 0 Å². The van der Waals surface area contributed by atoms with E-state index in [4.69, 9.17) is 0 Å². The fourth-order valence-corrected chi connectivity index (χ4v) is 4.50. The summed E-state index contributed by atoms with van der Waals surface area (Å²) in [4.78, 5) is 15.7. The number of carboxylic acid groups (broad SMARTS) is 1. The SMILES string of the molecule is C[Si](C)(C)C(C(=O)O)c1cn([Si](C)(C)C)cn1. The number of rotatable bonds is 4. The molecule has 0 aliphatic carbocycles. The van der Waals surface area contributed by atoms with Gasteiger partial charge in [-0.1, -0.05) is 39.3 Å². The van der Waals surface area contributed by atoms with E-state index in [2.05, 4.69) is 48.5 Å². The average Bonchev–Trinajstić information content (AvgIpc) is 2.47. The molecule has 0 aliphatic heterocycles. The van der Waals surface area contributed by atoms with Crippen molar-refractivity contribution in [3.8, 4) is 0 Å². The Hall–Kier alpha value is -0.886. The van der Waals surface area contributed by atoms with E-state index in [1.165, 1.54) is 0 Å². The molecular weight excluding hydrogens is 248 g/mol. The molecule has 0 fully saturated rings. The van der Waals surface area contributed by atoms with Crippen LogP contribution in [-0.4, -0.2) is 36.6 Å². The largest absolute Gasteiger partial charge is 0.481 e. The molecular formula is C11H22N2O2Si2. The summed E-state index contributed by atoms with van der Waals surface area (Å²) in [7, 11) is -3.27. The highest BCUT2D eigenvalue weighted by atomic mass is 28.3. The topological polar surface area (TPSA) is 55.1 Å². The van der Waals surface area contributed by atoms with Crippen molar-refractivity contribution >= 4 is 22.3 Å². The fraction of sp³-hybridized carbons (Fsp3) is 0.636. The lowest BCUT2D eigenvalue weighted by molar-refractivity contribution is -0.137. The number of aliphatic carboxylic acids is 1. The third-order valence-corrected chi connectivity index (χ3v) is 6.85. The van der Waals surface area contributed by atoms with Gasteiger partial charge < -0.3 is 9.34 Å². The molecule has 0 aromatic carbocycles. The molecule has 4 nitrogen and oxygen atoms in total. The van der Waals surface area contributed by atoms with Crippen LogP contribution in [-0.2, 0) is 4.79 Å². The first-order chi connectivity index (χ1) is 7.53. The monoisotopic (exact) mass is 270 g/mol. The van der Waals surface area contributed by atoms with Crippen molar-refractivity contribution in [2.24, 2.45) is 0 Å². The van der Waals surface area contributed by atoms with Crippen molar-refractivity contribution in [3.05, 3.63) is 18.2 Å². The van der Waals surface area contributed by atoms with Crippen molar-refractivity contribution in [1.29, 1.82) is 0 Å². The minimum absolute atomic E-state index is 0.417. The predicted octanol–water partition coefficient (Wildman–Crippen LogP) is 2.61. The van der Waals surface area contributed by atoms with Crippen molar-refractivity contribution < 1.29 is 9.90 Å². The summed E-state index contributed by atoms with van der Waals surface area (Å²) in [6.07, 6.45) is 3.72. The molecule has 0 saturated carbocycles. The average molecular weight is 270 g/mol. The van der Waals surface area contributed by atoms with Gasteiger partial charge in [0.05, 0.1) is 25.6 Å². The Bertz CT molecular complexity index is 416. The predicted molar refractivity (Wildman–Crippen MR) is 74.7 cm³/mol. The molecule has 0 amide bonds. The summed E-state index contributed by atoms with van der Waals surface area (Å²) in [6, 6.07) is 0. The highest BCUT2D eigenvalue weighted by molar-refractivity contribution is 6.80. The van der Waals surface area contributed by atoms with Gasteiger partial charge in [-0.25, -0.2) is 4.98 Å². The molecule has 0 aliphatic rings. The maximum Gasteiger partial charge on any atom is 0.309 e. The van der Waals surface area contributed by atoms with E-state index in [9.17, 15) is 9.90 Å². The summed E-state index contributed by atoms with van der Waals surface area (Å²) < 4.78 is 2.11. The van der Waals surface area contributed by atoms with Crippen LogP contribution >= 0.6 is 0 Å². The highest BCUT2D eigenvalue weighted by Gasteiger charge is 2.36. The Balaban J connectivity index is 3.14. The highest BCUT2D eigenvalue weighted by Crippen LogP contribution is 2.26. The van der Waals surface area contributed by atoms with Crippen molar-refractivity contribution in [1.82, 2.24) is 9.22 Å². The summed E-state index contributed by atoms with van der Waals surface area (Å²) in [5.74, 6) is -0.745. The van der Waals surface area contributed by atoms with Gasteiger partial charge in [-0.15, -0.1) is 0 Å². The Kier molecular flexibility index (Phi) is 3.68. The van der Waals surface area contributed by atoms with Crippen molar-refractivity contribution in [3.63, 3.8) is 0 Å². The third-order valence-electron chi connectivity index (χ3n) is 2.79. The van der Waals surface area contributed by atoms with Crippen LogP contribution in [0, 0.1) is 0 Å². The quantitative estimate of drug-likeness (QED) is 0.856. The summed E-state index contributed by atoms with van der Waals surface area (Å²) in [5, 5.41) is 9.37. The molecule has 0 radical (unpaired) electrons. The molecule has 1 atom stereocenters. The Morgan fingerprint density at radius 1 is 1.29 bits per heavy atom.